The van der Waals surface area contributed by atoms with Gasteiger partial charge in [-0.2, -0.15) is 0 Å². The first-order chi connectivity index (χ1) is 30.0. The lowest BCUT2D eigenvalue weighted by Crippen LogP contribution is -2.15. The van der Waals surface area contributed by atoms with Crippen molar-refractivity contribution in [1.29, 1.82) is 0 Å². The van der Waals surface area contributed by atoms with Gasteiger partial charge in [-0.05, 0) is 77.7 Å². The standard InChI is InChI=1S/C54H42N4O3/c1-34-12-8-9-19-41(34)50-42-26-28-48(59)44(32-55-46-20-10-17-37-22-24-39(57-51(37)46)30-35-13-4-2-5-14-35)53(42)61-54-43(50)27-29-49(60)45(54)33-56-47-21-11-18-38-23-25-40(58-52(38)47)31-36-15-6-3-7-16-36/h2-29,55-56,59H,30-33H2,1H3. The molecule has 0 unspecified atom stereocenters. The Morgan fingerprint density at radius 3 is 1.72 bits per heavy atom. The Morgan fingerprint density at radius 2 is 1.11 bits per heavy atom. The van der Waals surface area contributed by atoms with E-state index in [9.17, 15) is 9.90 Å². The molecule has 7 heteroatoms. The van der Waals surface area contributed by atoms with Crippen molar-refractivity contribution in [2.24, 2.45) is 0 Å². The van der Waals surface area contributed by atoms with Crippen molar-refractivity contribution >= 4 is 44.1 Å². The number of nitrogens with one attached hydrogen (secondary N) is 2. The van der Waals surface area contributed by atoms with Crippen molar-refractivity contribution in [2.45, 2.75) is 32.9 Å². The number of aromatic nitrogens is 2. The number of phenols is 1. The summed E-state index contributed by atoms with van der Waals surface area (Å²) in [5.41, 5.74) is 12.9. The van der Waals surface area contributed by atoms with Gasteiger partial charge in [-0.3, -0.25) is 14.8 Å². The Bertz CT molecular complexity index is 3250. The van der Waals surface area contributed by atoms with Crippen LogP contribution in [0, 0.1) is 6.92 Å². The van der Waals surface area contributed by atoms with Crippen LogP contribution in [-0.2, 0) is 25.9 Å². The van der Waals surface area contributed by atoms with Crippen LogP contribution in [0.5, 0.6) is 5.75 Å². The SMILES string of the molecule is Cc1ccccc1-c1c2ccc(=O)c(CNc3cccc4ccc(Cc5ccccc5)nc34)c-2oc2c(CNc3cccc4ccc(Cc5ccccc5)nc34)c(O)ccc12. The van der Waals surface area contributed by atoms with Crippen molar-refractivity contribution in [3.63, 3.8) is 0 Å². The van der Waals surface area contributed by atoms with Gasteiger partial charge in [0.15, 0.2) is 5.43 Å². The third kappa shape index (κ3) is 7.42. The van der Waals surface area contributed by atoms with E-state index in [1.54, 1.807) is 12.1 Å². The number of hydrogen-bond acceptors (Lipinski definition) is 7. The third-order valence-corrected chi connectivity index (χ3v) is 11.5. The van der Waals surface area contributed by atoms with Gasteiger partial charge >= 0.3 is 0 Å². The van der Waals surface area contributed by atoms with E-state index >= 15 is 0 Å². The maximum atomic E-state index is 14.0. The molecule has 0 radical (unpaired) electrons. The van der Waals surface area contributed by atoms with E-state index < -0.39 is 0 Å². The Hall–Kier alpha value is -7.77. The number of para-hydroxylation sites is 2. The highest BCUT2D eigenvalue weighted by Crippen LogP contribution is 2.45. The van der Waals surface area contributed by atoms with Gasteiger partial charge in [-0.1, -0.05) is 121 Å². The molecule has 1 aliphatic carbocycles. The van der Waals surface area contributed by atoms with Gasteiger partial charge < -0.3 is 20.2 Å². The Kier molecular flexibility index (Phi) is 9.91. The van der Waals surface area contributed by atoms with Crippen LogP contribution in [0.2, 0.25) is 0 Å². The minimum atomic E-state index is -0.148. The molecule has 0 fully saturated rings. The number of aryl methyl sites for hydroxylation is 1. The molecule has 7 nitrogen and oxygen atoms in total. The molecule has 296 valence electrons. The fraction of sp³-hybridized carbons (Fsp3) is 0.0926. The molecule has 0 spiro atoms. The molecule has 2 aliphatic rings. The van der Waals surface area contributed by atoms with Gasteiger partial charge in [0.2, 0.25) is 0 Å². The molecule has 0 bridgehead atoms. The zero-order valence-electron chi connectivity index (χ0n) is 33.7. The van der Waals surface area contributed by atoms with E-state index in [-0.39, 0.29) is 24.3 Å². The number of rotatable bonds is 11. The number of hydrogen-bond donors (Lipinski definition) is 3. The van der Waals surface area contributed by atoms with Crippen molar-refractivity contribution in [2.75, 3.05) is 10.6 Å². The molecule has 1 aliphatic heterocycles. The molecular formula is C54H42N4O3. The van der Waals surface area contributed by atoms with Crippen LogP contribution in [0.3, 0.4) is 0 Å². The zero-order chi connectivity index (χ0) is 41.3. The second-order valence-electron chi connectivity index (χ2n) is 15.5. The smallest absolute Gasteiger partial charge is 0.187 e. The second-order valence-corrected chi connectivity index (χ2v) is 15.5. The molecule has 6 aromatic carbocycles. The molecule has 8 aromatic rings. The van der Waals surface area contributed by atoms with Gasteiger partial charge in [0, 0.05) is 64.6 Å². The average molecular weight is 795 g/mol. The molecule has 0 amide bonds. The summed E-state index contributed by atoms with van der Waals surface area (Å²) >= 11 is 0. The minimum Gasteiger partial charge on any atom is -0.507 e. The molecule has 3 N–H and O–H groups in total. The molecule has 0 saturated carbocycles. The van der Waals surface area contributed by atoms with Crippen molar-refractivity contribution in [3.8, 4) is 28.2 Å². The summed E-state index contributed by atoms with van der Waals surface area (Å²) in [7, 11) is 0. The van der Waals surface area contributed by atoms with Crippen LogP contribution in [0.4, 0.5) is 11.4 Å². The molecule has 2 aromatic heterocycles. The first-order valence-electron chi connectivity index (χ1n) is 20.6. The summed E-state index contributed by atoms with van der Waals surface area (Å²) in [6.07, 6.45) is 1.43. The van der Waals surface area contributed by atoms with Crippen molar-refractivity contribution in [1.82, 2.24) is 9.97 Å². The number of fused-ring (bicyclic) bond motifs is 4. The normalized spacial score (nSPS) is 11.4. The minimum absolute atomic E-state index is 0.0860. The number of benzene rings is 7. The van der Waals surface area contributed by atoms with Crippen LogP contribution >= 0.6 is 0 Å². The average Bonchev–Trinajstić information content (AvgIpc) is 3.29. The highest BCUT2D eigenvalue weighted by atomic mass is 16.3. The molecule has 0 atom stereocenters. The number of phenolic OH excluding ortho intramolecular Hbond substituents is 1. The lowest BCUT2D eigenvalue weighted by molar-refractivity contribution is 0.467. The second kappa shape index (κ2) is 16.1. The van der Waals surface area contributed by atoms with E-state index in [0.29, 0.717) is 35.3 Å². The third-order valence-electron chi connectivity index (χ3n) is 11.5. The lowest BCUT2D eigenvalue weighted by Gasteiger charge is -2.21. The molecule has 61 heavy (non-hydrogen) atoms. The van der Waals surface area contributed by atoms with Crippen LogP contribution < -0.4 is 16.1 Å². The van der Waals surface area contributed by atoms with Crippen LogP contribution in [0.15, 0.2) is 179 Å². The maximum Gasteiger partial charge on any atom is 0.187 e. The first kappa shape index (κ1) is 37.5. The predicted molar refractivity (Wildman–Crippen MR) is 248 cm³/mol. The zero-order valence-corrected chi connectivity index (χ0v) is 33.7. The van der Waals surface area contributed by atoms with E-state index in [0.717, 1.165) is 72.2 Å². The van der Waals surface area contributed by atoms with E-state index in [4.69, 9.17) is 14.4 Å². The summed E-state index contributed by atoms with van der Waals surface area (Å²) in [5, 5.41) is 21.6. The van der Waals surface area contributed by atoms with Gasteiger partial charge in [0.05, 0.1) is 33.5 Å². The first-order valence-corrected chi connectivity index (χ1v) is 20.6. The molecule has 3 heterocycles. The Morgan fingerprint density at radius 1 is 0.541 bits per heavy atom. The summed E-state index contributed by atoms with van der Waals surface area (Å²) in [4.78, 5) is 24.1. The van der Waals surface area contributed by atoms with Gasteiger partial charge in [-0.25, -0.2) is 0 Å². The maximum absolute atomic E-state index is 14.0. The van der Waals surface area contributed by atoms with Crippen LogP contribution in [0.1, 0.15) is 39.2 Å². The lowest BCUT2D eigenvalue weighted by atomic mass is 9.89. The predicted octanol–water partition coefficient (Wildman–Crippen LogP) is 12.1. The number of nitrogens with zero attached hydrogens (tertiary/aromatic N) is 2. The van der Waals surface area contributed by atoms with Crippen molar-refractivity contribution in [3.05, 3.63) is 219 Å². The van der Waals surface area contributed by atoms with E-state index in [1.165, 1.54) is 11.1 Å². The molecule has 0 saturated heterocycles. The number of pyridine rings is 2. The fourth-order valence-electron chi connectivity index (χ4n) is 8.42. The quantitative estimate of drug-likeness (QED) is 0.112. The Labute approximate surface area is 353 Å². The highest BCUT2D eigenvalue weighted by molar-refractivity contribution is 6.04. The van der Waals surface area contributed by atoms with E-state index in [1.807, 2.05) is 91.0 Å². The largest absolute Gasteiger partial charge is 0.507 e. The van der Waals surface area contributed by atoms with Gasteiger partial charge in [-0.15, -0.1) is 0 Å². The summed E-state index contributed by atoms with van der Waals surface area (Å²) in [6, 6.07) is 56.4. The van der Waals surface area contributed by atoms with Gasteiger partial charge in [0.25, 0.3) is 0 Å². The topological polar surface area (TPSA) is 100 Å². The van der Waals surface area contributed by atoms with E-state index in [2.05, 4.69) is 84.3 Å². The fourth-order valence-corrected chi connectivity index (χ4v) is 8.42. The summed E-state index contributed by atoms with van der Waals surface area (Å²) < 4.78 is 6.92. The summed E-state index contributed by atoms with van der Waals surface area (Å²) in [5.74, 6) is 0.552. The van der Waals surface area contributed by atoms with Crippen LogP contribution in [0.25, 0.3) is 55.2 Å². The summed E-state index contributed by atoms with van der Waals surface area (Å²) in [6.45, 7) is 2.53. The Balaban J connectivity index is 1.06. The number of anilines is 2. The van der Waals surface area contributed by atoms with Crippen molar-refractivity contribution < 1.29 is 9.52 Å². The molecule has 10 rings (SSSR count). The number of aromatic hydroxyl groups is 1. The molecular weight excluding hydrogens is 753 g/mol. The monoisotopic (exact) mass is 794 g/mol. The van der Waals surface area contributed by atoms with Gasteiger partial charge in [0.1, 0.15) is 17.1 Å². The highest BCUT2D eigenvalue weighted by Gasteiger charge is 2.25. The van der Waals surface area contributed by atoms with Crippen LogP contribution in [-0.4, -0.2) is 15.1 Å².